The zero-order valence-electron chi connectivity index (χ0n) is 9.54. The van der Waals surface area contributed by atoms with E-state index in [2.05, 4.69) is 16.7 Å². The second kappa shape index (κ2) is 5.32. The van der Waals surface area contributed by atoms with Gasteiger partial charge in [-0.25, -0.2) is 0 Å². The highest BCUT2D eigenvalue weighted by Gasteiger charge is 2.25. The summed E-state index contributed by atoms with van der Waals surface area (Å²) in [5, 5.41) is 6.14. The van der Waals surface area contributed by atoms with E-state index in [0.717, 1.165) is 24.2 Å². The summed E-state index contributed by atoms with van der Waals surface area (Å²) in [6.07, 6.45) is 0.788. The van der Waals surface area contributed by atoms with E-state index in [9.17, 15) is 4.79 Å². The molecule has 0 fully saturated rings. The summed E-state index contributed by atoms with van der Waals surface area (Å²) < 4.78 is 0. The van der Waals surface area contributed by atoms with Crippen LogP contribution in [0.15, 0.2) is 18.2 Å². The molecule has 1 heterocycles. The van der Waals surface area contributed by atoms with Gasteiger partial charge in [0.1, 0.15) is 0 Å². The molecule has 16 heavy (non-hydrogen) atoms. The van der Waals surface area contributed by atoms with Crippen LogP contribution in [-0.4, -0.2) is 18.5 Å². The number of hydrogen-bond donors (Lipinski definition) is 2. The fraction of sp³-hybridized carbons (Fsp3) is 0.417. The normalized spacial score (nSPS) is 18.4. The second-order valence-electron chi connectivity index (χ2n) is 3.91. The molecule has 0 saturated heterocycles. The summed E-state index contributed by atoms with van der Waals surface area (Å²) in [4.78, 5) is 11.7. The molecule has 3 nitrogen and oxygen atoms in total. The Morgan fingerprint density at radius 1 is 1.50 bits per heavy atom. The van der Waals surface area contributed by atoms with Gasteiger partial charge in [0.2, 0.25) is 5.91 Å². The van der Waals surface area contributed by atoms with Crippen molar-refractivity contribution in [2.45, 2.75) is 26.3 Å². The van der Waals surface area contributed by atoms with Crippen molar-refractivity contribution in [1.29, 1.82) is 0 Å². The number of halogens is 1. The lowest BCUT2D eigenvalue weighted by molar-refractivity contribution is -0.118. The van der Waals surface area contributed by atoms with Crippen molar-refractivity contribution in [3.8, 4) is 0 Å². The van der Waals surface area contributed by atoms with Crippen LogP contribution in [0.4, 0.5) is 5.69 Å². The molecular weight excluding hydrogens is 224 g/mol. The summed E-state index contributed by atoms with van der Waals surface area (Å²) in [7, 11) is 0. The number of hydrogen-bond acceptors (Lipinski definition) is 2. The van der Waals surface area contributed by atoms with E-state index in [1.165, 1.54) is 5.56 Å². The lowest BCUT2D eigenvalue weighted by Crippen LogP contribution is -2.45. The molecule has 0 bridgehead atoms. The third kappa shape index (κ3) is 2.36. The Morgan fingerprint density at radius 3 is 2.94 bits per heavy atom. The Labute approximate surface area is 102 Å². The lowest BCUT2D eigenvalue weighted by Gasteiger charge is -2.26. The number of nitrogens with one attached hydrogen (secondary N) is 2. The van der Waals surface area contributed by atoms with Gasteiger partial charge in [-0.2, -0.15) is 0 Å². The van der Waals surface area contributed by atoms with Gasteiger partial charge in [-0.1, -0.05) is 25.1 Å². The minimum absolute atomic E-state index is 0. The van der Waals surface area contributed by atoms with Crippen molar-refractivity contribution < 1.29 is 4.79 Å². The second-order valence-corrected chi connectivity index (χ2v) is 3.91. The Balaban J connectivity index is 0.00000128. The van der Waals surface area contributed by atoms with Crippen LogP contribution in [-0.2, 0) is 11.2 Å². The van der Waals surface area contributed by atoms with Gasteiger partial charge in [0.05, 0.1) is 6.04 Å². The third-order valence-electron chi connectivity index (χ3n) is 2.80. The number of likely N-dealkylation sites (N-methyl/N-ethyl adjacent to an activating group) is 1. The van der Waals surface area contributed by atoms with Crippen LogP contribution < -0.4 is 10.6 Å². The Hall–Kier alpha value is -1.06. The van der Waals surface area contributed by atoms with Gasteiger partial charge in [-0.3, -0.25) is 4.79 Å². The van der Waals surface area contributed by atoms with Crippen LogP contribution in [0.2, 0.25) is 0 Å². The number of amides is 1. The first-order valence-electron chi connectivity index (χ1n) is 5.35. The van der Waals surface area contributed by atoms with E-state index >= 15 is 0 Å². The smallest absolute Gasteiger partial charge is 0.241 e. The SMILES string of the molecule is CCNC1Cc2cccc(C)c2NC1=O.Cl. The zero-order chi connectivity index (χ0) is 10.8. The predicted octanol–water partition coefficient (Wildman–Crippen LogP) is 1.89. The molecular formula is C12H17ClN2O. The number of carbonyl (C=O) groups excluding carboxylic acids is 1. The molecule has 4 heteroatoms. The van der Waals surface area contributed by atoms with Gasteiger partial charge in [0, 0.05) is 5.69 Å². The van der Waals surface area contributed by atoms with E-state index in [1.54, 1.807) is 0 Å². The van der Waals surface area contributed by atoms with Gasteiger partial charge >= 0.3 is 0 Å². The lowest BCUT2D eigenvalue weighted by atomic mass is 9.96. The number of para-hydroxylation sites is 1. The fourth-order valence-electron chi connectivity index (χ4n) is 2.01. The van der Waals surface area contributed by atoms with Crippen molar-refractivity contribution >= 4 is 24.0 Å². The van der Waals surface area contributed by atoms with E-state index in [4.69, 9.17) is 0 Å². The highest BCUT2D eigenvalue weighted by atomic mass is 35.5. The predicted molar refractivity (Wildman–Crippen MR) is 68.2 cm³/mol. The van der Waals surface area contributed by atoms with Gasteiger partial charge in [-0.05, 0) is 31.0 Å². The average molecular weight is 241 g/mol. The molecule has 1 aromatic rings. The third-order valence-corrected chi connectivity index (χ3v) is 2.80. The van der Waals surface area contributed by atoms with E-state index in [1.807, 2.05) is 26.0 Å². The molecule has 2 rings (SSSR count). The zero-order valence-corrected chi connectivity index (χ0v) is 10.4. The minimum atomic E-state index is -0.0794. The number of anilines is 1. The Kier molecular flexibility index (Phi) is 4.33. The van der Waals surface area contributed by atoms with E-state index in [-0.39, 0.29) is 24.4 Å². The van der Waals surface area contributed by atoms with Gasteiger partial charge in [0.25, 0.3) is 0 Å². The minimum Gasteiger partial charge on any atom is -0.324 e. The summed E-state index contributed by atoms with van der Waals surface area (Å²) in [6, 6.07) is 6.05. The van der Waals surface area contributed by atoms with Crippen LogP contribution in [0.25, 0.3) is 0 Å². The highest BCUT2D eigenvalue weighted by Crippen LogP contribution is 2.25. The molecule has 1 atom stereocenters. The molecule has 1 aliphatic heterocycles. The number of rotatable bonds is 2. The Bertz CT molecular complexity index is 393. The molecule has 1 unspecified atom stereocenters. The van der Waals surface area contributed by atoms with Gasteiger partial charge in [-0.15, -0.1) is 12.4 Å². The monoisotopic (exact) mass is 240 g/mol. The van der Waals surface area contributed by atoms with Crippen molar-refractivity contribution in [3.63, 3.8) is 0 Å². The summed E-state index contributed by atoms with van der Waals surface area (Å²) >= 11 is 0. The van der Waals surface area contributed by atoms with Crippen molar-refractivity contribution in [2.75, 3.05) is 11.9 Å². The highest BCUT2D eigenvalue weighted by molar-refractivity contribution is 5.98. The first-order chi connectivity index (χ1) is 7.22. The maximum atomic E-state index is 11.7. The quantitative estimate of drug-likeness (QED) is 0.829. The number of fused-ring (bicyclic) bond motifs is 1. The Morgan fingerprint density at radius 2 is 2.25 bits per heavy atom. The number of carbonyl (C=O) groups is 1. The van der Waals surface area contributed by atoms with Gasteiger partial charge < -0.3 is 10.6 Å². The standard InChI is InChI=1S/C12H16N2O.ClH/c1-3-13-10-7-9-6-4-5-8(2)11(9)14-12(10)15;/h4-6,10,13H,3,7H2,1-2H3,(H,14,15);1H. The summed E-state index contributed by atoms with van der Waals surface area (Å²) in [6.45, 7) is 4.85. The van der Waals surface area contributed by atoms with Crippen LogP contribution in [0.3, 0.4) is 0 Å². The first-order valence-corrected chi connectivity index (χ1v) is 5.35. The van der Waals surface area contributed by atoms with Crippen LogP contribution in [0, 0.1) is 6.92 Å². The van der Waals surface area contributed by atoms with Gasteiger partial charge in [0.15, 0.2) is 0 Å². The van der Waals surface area contributed by atoms with Crippen LogP contribution >= 0.6 is 12.4 Å². The van der Waals surface area contributed by atoms with Crippen molar-refractivity contribution in [1.82, 2.24) is 5.32 Å². The maximum absolute atomic E-state index is 11.7. The van der Waals surface area contributed by atoms with E-state index < -0.39 is 0 Å². The van der Waals surface area contributed by atoms with Crippen molar-refractivity contribution in [2.24, 2.45) is 0 Å². The molecule has 0 spiro atoms. The number of aryl methyl sites for hydroxylation is 1. The molecule has 0 aliphatic carbocycles. The molecule has 88 valence electrons. The molecule has 0 radical (unpaired) electrons. The molecule has 1 aliphatic rings. The van der Waals surface area contributed by atoms with Crippen LogP contribution in [0.5, 0.6) is 0 Å². The first kappa shape index (κ1) is 13.0. The average Bonchev–Trinajstić information content (AvgIpc) is 2.21. The fourth-order valence-corrected chi connectivity index (χ4v) is 2.01. The molecule has 1 amide bonds. The summed E-state index contributed by atoms with van der Waals surface area (Å²) in [5.74, 6) is 0.0821. The molecule has 0 aromatic heterocycles. The van der Waals surface area contributed by atoms with Crippen LogP contribution in [0.1, 0.15) is 18.1 Å². The summed E-state index contributed by atoms with van der Waals surface area (Å²) in [5.41, 5.74) is 3.35. The molecule has 0 saturated carbocycles. The van der Waals surface area contributed by atoms with E-state index in [0.29, 0.717) is 0 Å². The maximum Gasteiger partial charge on any atom is 0.241 e. The molecule has 1 aromatic carbocycles. The largest absolute Gasteiger partial charge is 0.324 e. The topological polar surface area (TPSA) is 41.1 Å². The van der Waals surface area contributed by atoms with Crippen molar-refractivity contribution in [3.05, 3.63) is 29.3 Å². The number of benzene rings is 1. The molecule has 2 N–H and O–H groups in total.